The van der Waals surface area contributed by atoms with Crippen molar-refractivity contribution in [2.24, 2.45) is 0 Å². The molecule has 0 aliphatic carbocycles. The zero-order chi connectivity index (χ0) is 39.8. The van der Waals surface area contributed by atoms with Gasteiger partial charge in [0, 0.05) is 33.5 Å². The van der Waals surface area contributed by atoms with Gasteiger partial charge in [-0.1, -0.05) is 164 Å². The standard InChI is InChI=1S/C58H40N2/c1-4-16-41(17-5-1)47-36-48(42-18-6-2-7-19-42)38-49(37-47)44-30-33-51(34-31-44)59(53-35-32-43-20-10-11-21-45(43)39-53)52-25-14-22-46(40-52)54-27-15-29-57-58(54)55-26-12-13-28-56(55)60(57)50-23-8-3-9-24-50/h1-40H. The third-order valence-electron chi connectivity index (χ3n) is 11.7. The minimum atomic E-state index is 1.09. The second-order valence-corrected chi connectivity index (χ2v) is 15.4. The first kappa shape index (κ1) is 35.2. The van der Waals surface area contributed by atoms with Gasteiger partial charge in [-0.05, 0) is 134 Å². The van der Waals surface area contributed by atoms with E-state index in [4.69, 9.17) is 0 Å². The fourth-order valence-corrected chi connectivity index (χ4v) is 8.88. The third kappa shape index (κ3) is 6.41. The molecule has 0 bridgehead atoms. The summed E-state index contributed by atoms with van der Waals surface area (Å²) in [5.41, 5.74) is 16.4. The van der Waals surface area contributed by atoms with Crippen LogP contribution in [0.25, 0.3) is 82.8 Å². The molecule has 0 saturated heterocycles. The number of rotatable bonds is 8. The van der Waals surface area contributed by atoms with E-state index in [0.717, 1.165) is 22.7 Å². The monoisotopic (exact) mass is 764 g/mol. The van der Waals surface area contributed by atoms with Crippen molar-refractivity contribution in [3.05, 3.63) is 243 Å². The SMILES string of the molecule is c1ccc(-c2cc(-c3ccccc3)cc(-c3ccc(N(c4cccc(-c5cccc6c5c5ccccc5n6-c5ccccc5)c4)c4ccc5ccccc5c4)cc3)c2)cc1. The molecule has 0 atom stereocenters. The number of nitrogens with zero attached hydrogens (tertiary/aromatic N) is 2. The second kappa shape index (κ2) is 15.1. The Balaban J connectivity index is 1.05. The van der Waals surface area contributed by atoms with Gasteiger partial charge in [-0.25, -0.2) is 0 Å². The number of hydrogen-bond donors (Lipinski definition) is 0. The van der Waals surface area contributed by atoms with Crippen molar-refractivity contribution in [2.45, 2.75) is 0 Å². The van der Waals surface area contributed by atoms with Gasteiger partial charge in [0.25, 0.3) is 0 Å². The second-order valence-electron chi connectivity index (χ2n) is 15.4. The number of para-hydroxylation sites is 2. The fourth-order valence-electron chi connectivity index (χ4n) is 8.88. The summed E-state index contributed by atoms with van der Waals surface area (Å²) >= 11 is 0. The topological polar surface area (TPSA) is 8.17 Å². The molecule has 282 valence electrons. The molecular formula is C58H40N2. The predicted octanol–water partition coefficient (Wildman–Crippen LogP) is 16.1. The lowest BCUT2D eigenvalue weighted by molar-refractivity contribution is 1.18. The van der Waals surface area contributed by atoms with Crippen molar-refractivity contribution in [3.63, 3.8) is 0 Å². The lowest BCUT2D eigenvalue weighted by atomic mass is 9.93. The predicted molar refractivity (Wildman–Crippen MR) is 255 cm³/mol. The maximum Gasteiger partial charge on any atom is 0.0547 e. The maximum absolute atomic E-state index is 2.39. The lowest BCUT2D eigenvalue weighted by Crippen LogP contribution is -2.10. The Morgan fingerprint density at radius 1 is 0.283 bits per heavy atom. The Hall–Kier alpha value is -7.94. The fraction of sp³-hybridized carbons (Fsp3) is 0. The number of anilines is 3. The van der Waals surface area contributed by atoms with E-state index in [1.54, 1.807) is 0 Å². The molecule has 1 heterocycles. The van der Waals surface area contributed by atoms with Crippen LogP contribution in [0.3, 0.4) is 0 Å². The molecule has 10 aromatic carbocycles. The molecule has 11 rings (SSSR count). The molecule has 0 saturated carbocycles. The molecule has 0 radical (unpaired) electrons. The highest BCUT2D eigenvalue weighted by molar-refractivity contribution is 6.16. The Morgan fingerprint density at radius 2 is 0.800 bits per heavy atom. The van der Waals surface area contributed by atoms with Gasteiger partial charge < -0.3 is 9.47 Å². The van der Waals surface area contributed by atoms with E-state index in [1.165, 1.54) is 77.1 Å². The molecule has 0 spiro atoms. The molecule has 2 heteroatoms. The third-order valence-corrected chi connectivity index (χ3v) is 11.7. The molecule has 0 amide bonds. The molecule has 2 nitrogen and oxygen atoms in total. The van der Waals surface area contributed by atoms with Crippen LogP contribution in [-0.2, 0) is 0 Å². The summed E-state index contributed by atoms with van der Waals surface area (Å²) in [6.07, 6.45) is 0. The summed E-state index contributed by atoms with van der Waals surface area (Å²) in [5, 5.41) is 4.92. The van der Waals surface area contributed by atoms with Crippen molar-refractivity contribution in [2.75, 3.05) is 4.90 Å². The molecular weight excluding hydrogens is 725 g/mol. The minimum absolute atomic E-state index is 1.09. The Kier molecular flexibility index (Phi) is 8.87. The Morgan fingerprint density at radius 3 is 1.50 bits per heavy atom. The van der Waals surface area contributed by atoms with E-state index in [0.29, 0.717) is 0 Å². The van der Waals surface area contributed by atoms with Gasteiger partial charge in [0.2, 0.25) is 0 Å². The van der Waals surface area contributed by atoms with E-state index in [-0.39, 0.29) is 0 Å². The summed E-state index contributed by atoms with van der Waals surface area (Å²) in [7, 11) is 0. The molecule has 11 aromatic rings. The van der Waals surface area contributed by atoms with Crippen molar-refractivity contribution in [1.82, 2.24) is 4.57 Å². The normalized spacial score (nSPS) is 11.3. The molecule has 60 heavy (non-hydrogen) atoms. The number of benzene rings is 10. The van der Waals surface area contributed by atoms with Crippen molar-refractivity contribution in [1.29, 1.82) is 0 Å². The van der Waals surface area contributed by atoms with E-state index in [2.05, 4.69) is 252 Å². The summed E-state index contributed by atoms with van der Waals surface area (Å²) in [5.74, 6) is 0. The number of fused-ring (bicyclic) bond motifs is 4. The van der Waals surface area contributed by atoms with Gasteiger partial charge in [0.05, 0.1) is 11.0 Å². The largest absolute Gasteiger partial charge is 0.310 e. The zero-order valence-corrected chi connectivity index (χ0v) is 33.0. The number of aromatic nitrogens is 1. The van der Waals surface area contributed by atoms with Crippen LogP contribution in [0.15, 0.2) is 243 Å². The summed E-state index contributed by atoms with van der Waals surface area (Å²) in [4.78, 5) is 2.39. The van der Waals surface area contributed by atoms with Gasteiger partial charge >= 0.3 is 0 Å². The Bertz CT molecular complexity index is 3230. The van der Waals surface area contributed by atoms with Gasteiger partial charge in [0.1, 0.15) is 0 Å². The van der Waals surface area contributed by atoms with Crippen molar-refractivity contribution in [3.8, 4) is 50.2 Å². The van der Waals surface area contributed by atoms with Crippen LogP contribution in [0, 0.1) is 0 Å². The van der Waals surface area contributed by atoms with Crippen LogP contribution in [0.1, 0.15) is 0 Å². The smallest absolute Gasteiger partial charge is 0.0547 e. The average molecular weight is 765 g/mol. The van der Waals surface area contributed by atoms with Gasteiger partial charge in [-0.3, -0.25) is 0 Å². The minimum Gasteiger partial charge on any atom is -0.310 e. The molecule has 1 aromatic heterocycles. The average Bonchev–Trinajstić information content (AvgIpc) is 3.67. The lowest BCUT2D eigenvalue weighted by Gasteiger charge is -2.27. The highest BCUT2D eigenvalue weighted by Gasteiger charge is 2.19. The van der Waals surface area contributed by atoms with Crippen LogP contribution in [0.4, 0.5) is 17.1 Å². The summed E-state index contributed by atoms with van der Waals surface area (Å²) in [6, 6.07) is 87.9. The van der Waals surface area contributed by atoms with Crippen LogP contribution in [-0.4, -0.2) is 4.57 Å². The zero-order valence-electron chi connectivity index (χ0n) is 33.0. The highest BCUT2D eigenvalue weighted by atomic mass is 15.1. The summed E-state index contributed by atoms with van der Waals surface area (Å²) < 4.78 is 2.39. The highest BCUT2D eigenvalue weighted by Crippen LogP contribution is 2.43. The van der Waals surface area contributed by atoms with Gasteiger partial charge in [-0.15, -0.1) is 0 Å². The van der Waals surface area contributed by atoms with Crippen LogP contribution < -0.4 is 4.90 Å². The first-order valence-corrected chi connectivity index (χ1v) is 20.6. The molecule has 0 aliphatic heterocycles. The number of hydrogen-bond acceptors (Lipinski definition) is 1. The quantitative estimate of drug-likeness (QED) is 0.150. The molecule has 0 unspecified atom stereocenters. The molecule has 0 aliphatic rings. The first-order chi connectivity index (χ1) is 29.7. The van der Waals surface area contributed by atoms with Crippen LogP contribution >= 0.6 is 0 Å². The van der Waals surface area contributed by atoms with Gasteiger partial charge in [-0.2, -0.15) is 0 Å². The van der Waals surface area contributed by atoms with E-state index < -0.39 is 0 Å². The molecule has 0 fully saturated rings. The Labute approximate surface area is 350 Å². The maximum atomic E-state index is 2.39. The first-order valence-electron chi connectivity index (χ1n) is 20.6. The van der Waals surface area contributed by atoms with E-state index in [9.17, 15) is 0 Å². The van der Waals surface area contributed by atoms with Crippen molar-refractivity contribution < 1.29 is 0 Å². The molecule has 0 N–H and O–H groups in total. The van der Waals surface area contributed by atoms with E-state index in [1.807, 2.05) is 0 Å². The van der Waals surface area contributed by atoms with E-state index >= 15 is 0 Å². The van der Waals surface area contributed by atoms with Gasteiger partial charge in [0.15, 0.2) is 0 Å². The van der Waals surface area contributed by atoms with Crippen LogP contribution in [0.2, 0.25) is 0 Å². The summed E-state index contributed by atoms with van der Waals surface area (Å²) in [6.45, 7) is 0. The van der Waals surface area contributed by atoms with Crippen molar-refractivity contribution >= 4 is 49.6 Å². The van der Waals surface area contributed by atoms with Crippen LogP contribution in [0.5, 0.6) is 0 Å².